The third-order valence-electron chi connectivity index (χ3n) is 7.62. The van der Waals surface area contributed by atoms with Crippen LogP contribution >= 0.6 is 0 Å². The van der Waals surface area contributed by atoms with E-state index in [1.54, 1.807) is 14.0 Å². The van der Waals surface area contributed by atoms with Crippen molar-refractivity contribution in [1.29, 1.82) is 0 Å². The molecule has 0 radical (unpaired) electrons. The largest absolute Gasteiger partial charge is 0.461 e. The summed E-state index contributed by atoms with van der Waals surface area (Å²) in [5, 5.41) is 2.03. The Morgan fingerprint density at radius 3 is 2.60 bits per heavy atom. The normalized spacial score (nSPS) is 16.5. The van der Waals surface area contributed by atoms with E-state index in [0.717, 1.165) is 53.6 Å². The van der Waals surface area contributed by atoms with Gasteiger partial charge in [0.25, 0.3) is 0 Å². The van der Waals surface area contributed by atoms with Crippen LogP contribution in [0.4, 0.5) is 23.0 Å². The van der Waals surface area contributed by atoms with Gasteiger partial charge in [0.1, 0.15) is 5.82 Å². The molecule has 9 nitrogen and oxygen atoms in total. The van der Waals surface area contributed by atoms with E-state index in [4.69, 9.17) is 19.4 Å². The molecule has 9 heteroatoms. The number of anilines is 4. The molecular formula is C31H40N6O3. The number of nitrogens with zero attached hydrogens (tertiary/aromatic N) is 5. The molecule has 3 aromatic rings. The number of hydrogen-bond acceptors (Lipinski definition) is 9. The highest BCUT2D eigenvalue weighted by atomic mass is 16.5. The quantitative estimate of drug-likeness (QED) is 0.339. The number of esters is 1. The summed E-state index contributed by atoms with van der Waals surface area (Å²) < 4.78 is 10.6. The topological polar surface area (TPSA) is 83.1 Å². The maximum absolute atomic E-state index is 13.0. The van der Waals surface area contributed by atoms with Gasteiger partial charge in [-0.3, -0.25) is 5.01 Å². The molecule has 0 bridgehead atoms. The highest BCUT2D eigenvalue weighted by molar-refractivity contribution is 5.92. The summed E-state index contributed by atoms with van der Waals surface area (Å²) in [6.07, 6.45) is 4.30. The monoisotopic (exact) mass is 544 g/mol. The van der Waals surface area contributed by atoms with Gasteiger partial charge in [-0.15, -0.1) is 0 Å². The molecule has 1 fully saturated rings. The number of fused-ring (bicyclic) bond motifs is 1. The molecule has 1 atom stereocenters. The second-order valence-electron chi connectivity index (χ2n) is 10.7. The molecule has 0 spiro atoms. The van der Waals surface area contributed by atoms with Crippen molar-refractivity contribution in [1.82, 2.24) is 15.4 Å². The van der Waals surface area contributed by atoms with Crippen LogP contribution in [0, 0.1) is 5.92 Å². The second-order valence-corrected chi connectivity index (χ2v) is 10.7. The van der Waals surface area contributed by atoms with Crippen molar-refractivity contribution in [3.63, 3.8) is 0 Å². The van der Waals surface area contributed by atoms with Gasteiger partial charge in [0.15, 0.2) is 11.5 Å². The van der Waals surface area contributed by atoms with E-state index in [9.17, 15) is 4.79 Å². The van der Waals surface area contributed by atoms with E-state index >= 15 is 0 Å². The molecule has 212 valence electrons. The number of rotatable bonds is 10. The van der Waals surface area contributed by atoms with Crippen LogP contribution in [0.1, 0.15) is 55.7 Å². The molecule has 1 aromatic carbocycles. The van der Waals surface area contributed by atoms with Gasteiger partial charge in [-0.2, -0.15) is 0 Å². The minimum Gasteiger partial charge on any atom is -0.461 e. The fraction of sp³-hybridized carbons (Fsp3) is 0.452. The minimum atomic E-state index is -0.436. The fourth-order valence-corrected chi connectivity index (χ4v) is 5.43. The number of nitrogens with one attached hydrogen (secondary N) is 1. The molecule has 1 unspecified atom stereocenters. The van der Waals surface area contributed by atoms with Gasteiger partial charge in [0.2, 0.25) is 0 Å². The van der Waals surface area contributed by atoms with Crippen molar-refractivity contribution in [2.24, 2.45) is 5.92 Å². The second kappa shape index (κ2) is 12.2. The lowest BCUT2D eigenvalue weighted by Crippen LogP contribution is -2.32. The van der Waals surface area contributed by atoms with Crippen LogP contribution in [-0.4, -0.2) is 62.9 Å². The maximum atomic E-state index is 13.0. The molecule has 4 heterocycles. The van der Waals surface area contributed by atoms with Crippen molar-refractivity contribution in [2.45, 2.75) is 39.7 Å². The Morgan fingerprint density at radius 1 is 1.15 bits per heavy atom. The number of likely N-dealkylation sites (N-methyl/N-ethyl adjacent to an activating group) is 1. The third kappa shape index (κ3) is 5.62. The highest BCUT2D eigenvalue weighted by Gasteiger charge is 2.37. The zero-order valence-electron chi connectivity index (χ0n) is 24.2. The molecule has 40 heavy (non-hydrogen) atoms. The van der Waals surface area contributed by atoms with E-state index in [1.807, 2.05) is 30.4 Å². The van der Waals surface area contributed by atoms with E-state index in [0.29, 0.717) is 6.61 Å². The number of aromatic nitrogens is 2. The van der Waals surface area contributed by atoms with Crippen molar-refractivity contribution in [3.8, 4) is 11.1 Å². The van der Waals surface area contributed by atoms with Gasteiger partial charge in [0.05, 0.1) is 24.9 Å². The van der Waals surface area contributed by atoms with Crippen LogP contribution in [0.15, 0.2) is 48.7 Å². The lowest BCUT2D eigenvalue weighted by molar-refractivity contribution is 0.0519. The molecular weight excluding hydrogens is 504 g/mol. The first-order valence-corrected chi connectivity index (χ1v) is 14.2. The molecule has 0 saturated carbocycles. The Labute approximate surface area is 237 Å². The smallest absolute Gasteiger partial charge is 0.357 e. The van der Waals surface area contributed by atoms with Crippen LogP contribution in [0.25, 0.3) is 11.1 Å². The van der Waals surface area contributed by atoms with Crippen molar-refractivity contribution >= 4 is 29.0 Å². The predicted molar refractivity (Wildman–Crippen MR) is 159 cm³/mol. The summed E-state index contributed by atoms with van der Waals surface area (Å²) in [4.78, 5) is 27.1. The Morgan fingerprint density at radius 2 is 1.93 bits per heavy atom. The molecule has 0 amide bonds. The third-order valence-corrected chi connectivity index (χ3v) is 7.62. The van der Waals surface area contributed by atoms with Crippen LogP contribution in [0.5, 0.6) is 0 Å². The molecule has 2 aliphatic rings. The number of hydrogen-bond donors (Lipinski definition) is 1. The summed E-state index contributed by atoms with van der Waals surface area (Å²) in [6, 6.07) is 14.5. The fourth-order valence-electron chi connectivity index (χ4n) is 5.43. The summed E-state index contributed by atoms with van der Waals surface area (Å²) in [7, 11) is 3.69. The molecule has 2 aromatic heterocycles. The highest BCUT2D eigenvalue weighted by Crippen LogP contribution is 2.45. The van der Waals surface area contributed by atoms with Crippen LogP contribution in [-0.2, 0) is 9.47 Å². The SMILES string of the molecule is CCOC(=O)c1cc(-c2ccc(N(C)CCOC)nc2)c2c(n1)N(c1cccc(N3CCCC3)c1)NC2C(C)C. The Bertz CT molecular complexity index is 1320. The van der Waals surface area contributed by atoms with Gasteiger partial charge in [-0.1, -0.05) is 19.9 Å². The number of carbonyl (C=O) groups excluding carboxylic acids is 1. The number of carbonyl (C=O) groups is 1. The first kappa shape index (κ1) is 27.9. The number of hydrazine groups is 1. The summed E-state index contributed by atoms with van der Waals surface area (Å²) in [6.45, 7) is 9.99. The van der Waals surface area contributed by atoms with E-state index in [-0.39, 0.29) is 24.3 Å². The zero-order valence-corrected chi connectivity index (χ0v) is 24.2. The van der Waals surface area contributed by atoms with Crippen LogP contribution in [0.3, 0.4) is 0 Å². The number of benzene rings is 1. The molecule has 1 saturated heterocycles. The Hall–Kier alpha value is -3.69. The standard InChI is InChI=1S/C31H40N6O3/c1-6-40-31(38)26-19-25(22-12-13-27(32-20-22)35(4)16-17-39-5)28-29(21(2)3)34-37(30(28)33-26)24-11-9-10-23(18-24)36-14-7-8-15-36/h9-13,18-21,29,34H,6-8,14-17H2,1-5H3. The first-order chi connectivity index (χ1) is 19.4. The zero-order chi connectivity index (χ0) is 28.2. The van der Waals surface area contributed by atoms with Crippen molar-refractivity contribution < 1.29 is 14.3 Å². The van der Waals surface area contributed by atoms with Gasteiger partial charge >= 0.3 is 5.97 Å². The van der Waals surface area contributed by atoms with E-state index in [1.165, 1.54) is 18.5 Å². The number of ether oxygens (including phenoxy) is 2. The molecule has 0 aliphatic carbocycles. The average molecular weight is 545 g/mol. The van der Waals surface area contributed by atoms with Crippen LogP contribution < -0.4 is 20.2 Å². The maximum Gasteiger partial charge on any atom is 0.357 e. The summed E-state index contributed by atoms with van der Waals surface area (Å²) >= 11 is 0. The summed E-state index contributed by atoms with van der Waals surface area (Å²) in [5.74, 6) is 1.41. The van der Waals surface area contributed by atoms with E-state index in [2.05, 4.69) is 59.4 Å². The predicted octanol–water partition coefficient (Wildman–Crippen LogP) is 5.36. The minimum absolute atomic E-state index is 0.00626. The first-order valence-electron chi connectivity index (χ1n) is 14.2. The number of pyridine rings is 2. The molecule has 1 N–H and O–H groups in total. The van der Waals surface area contributed by atoms with Crippen molar-refractivity contribution in [2.75, 3.05) is 61.8 Å². The Balaban J connectivity index is 1.61. The van der Waals surface area contributed by atoms with Gasteiger partial charge in [0, 0.05) is 56.8 Å². The van der Waals surface area contributed by atoms with Crippen LogP contribution in [0.2, 0.25) is 0 Å². The van der Waals surface area contributed by atoms with Crippen molar-refractivity contribution in [3.05, 3.63) is 59.9 Å². The van der Waals surface area contributed by atoms with Gasteiger partial charge in [-0.05, 0) is 67.6 Å². The summed E-state index contributed by atoms with van der Waals surface area (Å²) in [5.41, 5.74) is 9.08. The van der Waals surface area contributed by atoms with Gasteiger partial charge < -0.3 is 19.3 Å². The van der Waals surface area contributed by atoms with Gasteiger partial charge in [-0.25, -0.2) is 20.2 Å². The average Bonchev–Trinajstić information content (AvgIpc) is 3.65. The lowest BCUT2D eigenvalue weighted by atomic mass is 9.91. The Kier molecular flexibility index (Phi) is 8.52. The number of methoxy groups -OCH3 is 1. The van der Waals surface area contributed by atoms with E-state index < -0.39 is 5.97 Å². The lowest BCUT2D eigenvalue weighted by Gasteiger charge is -2.24. The molecule has 2 aliphatic heterocycles. The molecule has 5 rings (SSSR count).